The number of hydrogen-bond acceptors (Lipinski definition) is 4. The second kappa shape index (κ2) is 5.32. The minimum Gasteiger partial charge on any atom is -0.368 e. The first-order chi connectivity index (χ1) is 8.25. The Morgan fingerprint density at radius 1 is 1.44 bits per heavy atom. The Bertz CT molecular complexity index is 591. The quantitative estimate of drug-likeness (QED) is 0.647. The predicted molar refractivity (Wildman–Crippen MR) is 65.2 cm³/mol. The largest absolute Gasteiger partial charge is 0.368 e. The summed E-state index contributed by atoms with van der Waals surface area (Å²) in [5.74, 6) is -1.11. The van der Waals surface area contributed by atoms with Crippen molar-refractivity contribution in [2.75, 3.05) is 0 Å². The van der Waals surface area contributed by atoms with Crippen molar-refractivity contribution in [2.45, 2.75) is 24.8 Å². The van der Waals surface area contributed by atoms with Gasteiger partial charge in [0.25, 0.3) is 0 Å². The number of rotatable bonds is 5. The average molecular weight is 273 g/mol. The third-order valence-corrected chi connectivity index (χ3v) is 3.80. The molecular weight excluding hydrogens is 258 g/mol. The van der Waals surface area contributed by atoms with Crippen LogP contribution >= 0.6 is 0 Å². The molecule has 1 aromatic heterocycles. The van der Waals surface area contributed by atoms with E-state index in [1.807, 2.05) is 0 Å². The van der Waals surface area contributed by atoms with Crippen molar-refractivity contribution in [3.05, 3.63) is 28.7 Å². The minimum atomic E-state index is -4.07. The Morgan fingerprint density at radius 3 is 2.50 bits per heavy atom. The van der Waals surface area contributed by atoms with Crippen molar-refractivity contribution in [1.29, 1.82) is 0 Å². The van der Waals surface area contributed by atoms with Crippen molar-refractivity contribution in [2.24, 2.45) is 11.7 Å². The van der Waals surface area contributed by atoms with Crippen LogP contribution in [0.25, 0.3) is 0 Å². The summed E-state index contributed by atoms with van der Waals surface area (Å²) in [6, 6.07) is 0.0260. The summed E-state index contributed by atoms with van der Waals surface area (Å²) in [5.41, 5.74) is 4.45. The van der Waals surface area contributed by atoms with Crippen molar-refractivity contribution >= 4 is 15.9 Å². The van der Waals surface area contributed by atoms with Crippen LogP contribution in [0.5, 0.6) is 0 Å². The minimum absolute atomic E-state index is 0.319. The molecule has 0 aromatic carbocycles. The number of aromatic amines is 1. The second-order valence-electron chi connectivity index (χ2n) is 4.12. The number of sulfonamides is 1. The molecule has 100 valence electrons. The molecule has 0 spiro atoms. The third kappa shape index (κ3) is 3.17. The molecule has 0 fully saturated rings. The fraction of sp³-hybridized carbons (Fsp3) is 0.400. The number of hydrogen-bond donors (Lipinski definition) is 3. The summed E-state index contributed by atoms with van der Waals surface area (Å²) in [6.07, 6.45) is 2.37. The lowest BCUT2D eigenvalue weighted by Crippen LogP contribution is -2.48. The van der Waals surface area contributed by atoms with Crippen LogP contribution < -0.4 is 15.9 Å². The number of aromatic nitrogens is 1. The number of nitrogens with one attached hydrogen (secondary N) is 2. The SMILES string of the molecule is CC(C)C(NS(=O)(=O)c1c[nH]ccc1=O)C(N)=O. The lowest BCUT2D eigenvalue weighted by molar-refractivity contribution is -0.120. The summed E-state index contributed by atoms with van der Waals surface area (Å²) in [7, 11) is -4.07. The van der Waals surface area contributed by atoms with E-state index in [4.69, 9.17) is 5.73 Å². The maximum absolute atomic E-state index is 11.9. The monoisotopic (exact) mass is 273 g/mol. The zero-order chi connectivity index (χ0) is 13.9. The summed E-state index contributed by atoms with van der Waals surface area (Å²) < 4.78 is 26.0. The Hall–Kier alpha value is -1.67. The zero-order valence-corrected chi connectivity index (χ0v) is 10.8. The summed E-state index contributed by atoms with van der Waals surface area (Å²) in [5, 5.41) is 0. The molecule has 18 heavy (non-hydrogen) atoms. The van der Waals surface area contributed by atoms with Gasteiger partial charge in [-0.25, -0.2) is 8.42 Å². The number of primary amides is 1. The maximum Gasteiger partial charge on any atom is 0.246 e. The van der Waals surface area contributed by atoms with Crippen LogP contribution in [-0.2, 0) is 14.8 Å². The number of amides is 1. The summed E-state index contributed by atoms with van der Waals surface area (Å²) >= 11 is 0. The van der Waals surface area contributed by atoms with Gasteiger partial charge < -0.3 is 10.7 Å². The highest BCUT2D eigenvalue weighted by Gasteiger charge is 2.27. The van der Waals surface area contributed by atoms with E-state index in [2.05, 4.69) is 9.71 Å². The van der Waals surface area contributed by atoms with Gasteiger partial charge in [-0.1, -0.05) is 13.8 Å². The standard InChI is InChI=1S/C10H15N3O4S/c1-6(2)9(10(11)15)13-18(16,17)8-5-12-4-3-7(8)14/h3-6,9,13H,1-2H3,(H2,11,15)(H,12,14). The number of carbonyl (C=O) groups is 1. The van der Waals surface area contributed by atoms with Gasteiger partial charge in [0.15, 0.2) is 0 Å². The van der Waals surface area contributed by atoms with Gasteiger partial charge in [0.1, 0.15) is 10.9 Å². The van der Waals surface area contributed by atoms with Crippen molar-refractivity contribution in [1.82, 2.24) is 9.71 Å². The average Bonchev–Trinajstić information content (AvgIpc) is 2.25. The topological polar surface area (TPSA) is 122 Å². The molecule has 1 amide bonds. The van der Waals surface area contributed by atoms with Gasteiger partial charge in [-0.3, -0.25) is 9.59 Å². The number of H-pyrrole nitrogens is 1. The molecular formula is C10H15N3O4S. The van der Waals surface area contributed by atoms with Crippen molar-refractivity contribution in [3.63, 3.8) is 0 Å². The zero-order valence-electron chi connectivity index (χ0n) is 10.0. The van der Waals surface area contributed by atoms with Crippen LogP contribution in [-0.4, -0.2) is 25.4 Å². The van der Waals surface area contributed by atoms with E-state index in [0.29, 0.717) is 0 Å². The van der Waals surface area contributed by atoms with Crippen LogP contribution in [0.1, 0.15) is 13.8 Å². The van der Waals surface area contributed by atoms with Gasteiger partial charge in [-0.05, 0) is 5.92 Å². The van der Waals surface area contributed by atoms with E-state index < -0.39 is 32.3 Å². The van der Waals surface area contributed by atoms with Gasteiger partial charge in [0.05, 0.1) is 0 Å². The van der Waals surface area contributed by atoms with E-state index in [1.54, 1.807) is 13.8 Å². The first-order valence-corrected chi connectivity index (χ1v) is 6.73. The fourth-order valence-corrected chi connectivity index (χ4v) is 2.77. The lowest BCUT2D eigenvalue weighted by atomic mass is 10.1. The molecule has 8 heteroatoms. The molecule has 0 aliphatic heterocycles. The molecule has 1 heterocycles. The fourth-order valence-electron chi connectivity index (χ4n) is 1.36. The van der Waals surface area contributed by atoms with E-state index in [-0.39, 0.29) is 5.92 Å². The number of nitrogens with two attached hydrogens (primary N) is 1. The predicted octanol–water partition coefficient (Wildman–Crippen LogP) is -0.837. The molecule has 0 bridgehead atoms. The molecule has 1 aromatic rings. The van der Waals surface area contributed by atoms with Gasteiger partial charge in [0.2, 0.25) is 21.4 Å². The highest BCUT2D eigenvalue weighted by molar-refractivity contribution is 7.89. The Kier molecular flexibility index (Phi) is 4.25. The molecule has 4 N–H and O–H groups in total. The van der Waals surface area contributed by atoms with Gasteiger partial charge in [-0.15, -0.1) is 0 Å². The molecule has 1 unspecified atom stereocenters. The van der Waals surface area contributed by atoms with Crippen LogP contribution in [0.15, 0.2) is 28.2 Å². The normalized spacial score (nSPS) is 13.5. The Balaban J connectivity index is 3.13. The van der Waals surface area contributed by atoms with Gasteiger partial charge in [-0.2, -0.15) is 4.72 Å². The molecule has 0 radical (unpaired) electrons. The molecule has 1 rings (SSSR count). The van der Waals surface area contributed by atoms with E-state index in [9.17, 15) is 18.0 Å². The third-order valence-electron chi connectivity index (χ3n) is 2.33. The highest BCUT2D eigenvalue weighted by Crippen LogP contribution is 2.07. The molecule has 0 aliphatic carbocycles. The van der Waals surface area contributed by atoms with Crippen LogP contribution in [0, 0.1) is 5.92 Å². The number of carbonyl (C=O) groups excluding carboxylic acids is 1. The molecule has 0 aliphatic rings. The summed E-state index contributed by atoms with van der Waals surface area (Å²) in [6.45, 7) is 3.29. The summed E-state index contributed by atoms with van der Waals surface area (Å²) in [4.78, 5) is 24.6. The first kappa shape index (κ1) is 14.4. The smallest absolute Gasteiger partial charge is 0.246 e. The highest BCUT2D eigenvalue weighted by atomic mass is 32.2. The second-order valence-corrected chi connectivity index (χ2v) is 5.80. The van der Waals surface area contributed by atoms with Gasteiger partial charge >= 0.3 is 0 Å². The lowest BCUT2D eigenvalue weighted by Gasteiger charge is -2.18. The van der Waals surface area contributed by atoms with Crippen LogP contribution in [0.2, 0.25) is 0 Å². The first-order valence-electron chi connectivity index (χ1n) is 5.24. The molecule has 1 atom stereocenters. The van der Waals surface area contributed by atoms with Crippen molar-refractivity contribution in [3.8, 4) is 0 Å². The van der Waals surface area contributed by atoms with E-state index >= 15 is 0 Å². The molecule has 0 saturated heterocycles. The Morgan fingerprint density at radius 2 is 2.06 bits per heavy atom. The van der Waals surface area contributed by atoms with Gasteiger partial charge in [0, 0.05) is 18.5 Å². The van der Waals surface area contributed by atoms with E-state index in [0.717, 1.165) is 12.3 Å². The number of pyridine rings is 1. The Labute approximate surface area is 104 Å². The van der Waals surface area contributed by atoms with Crippen LogP contribution in [0.3, 0.4) is 0 Å². The molecule has 0 saturated carbocycles. The van der Waals surface area contributed by atoms with E-state index in [1.165, 1.54) is 6.20 Å². The maximum atomic E-state index is 11.9. The molecule has 7 nitrogen and oxygen atoms in total. The van der Waals surface area contributed by atoms with Crippen molar-refractivity contribution < 1.29 is 13.2 Å². The van der Waals surface area contributed by atoms with Crippen LogP contribution in [0.4, 0.5) is 0 Å².